The summed E-state index contributed by atoms with van der Waals surface area (Å²) in [6.45, 7) is 3.78. The second-order valence-electron chi connectivity index (χ2n) is 3.52. The second-order valence-corrected chi connectivity index (χ2v) is 5.23. The molecule has 0 amide bonds. The Morgan fingerprint density at radius 2 is 1.94 bits per heavy atom. The minimum atomic E-state index is -4.18. The third-order valence-electron chi connectivity index (χ3n) is 2.03. The third-order valence-corrected chi connectivity index (χ3v) is 3.33. The normalized spacial score (nSPS) is 14.4. The van der Waals surface area contributed by atoms with Crippen LogP contribution in [0.3, 0.4) is 0 Å². The first-order valence-corrected chi connectivity index (χ1v) is 6.64. The highest BCUT2D eigenvalue weighted by Gasteiger charge is 2.31. The van der Waals surface area contributed by atoms with Gasteiger partial charge in [-0.25, -0.2) is 0 Å². The Hall–Kier alpha value is -0.960. The van der Waals surface area contributed by atoms with Crippen molar-refractivity contribution in [1.29, 1.82) is 0 Å². The van der Waals surface area contributed by atoms with Crippen molar-refractivity contribution in [3.05, 3.63) is 35.4 Å². The van der Waals surface area contributed by atoms with Crippen LogP contribution in [0, 0.1) is 6.92 Å². The number of rotatable bonds is 5. The van der Waals surface area contributed by atoms with Gasteiger partial charge >= 0.3 is 7.60 Å². The number of aryl methyl sites for hydroxylation is 1. The number of benzene rings is 1. The molecule has 5 heteroatoms. The molecule has 0 aliphatic rings. The van der Waals surface area contributed by atoms with Crippen LogP contribution in [0.4, 0.5) is 0 Å². The highest BCUT2D eigenvalue weighted by atomic mass is 31.2. The van der Waals surface area contributed by atoms with Gasteiger partial charge in [0.1, 0.15) is 0 Å². The lowest BCUT2D eigenvalue weighted by molar-refractivity contribution is 0.102. The molecule has 1 aromatic carbocycles. The standard InChI is InChI=1S/C11H15O4P/c1-3-8-15-16(13,14)11(12)10-6-4-9(2)5-7-10/h4-7H,3,8H2,1-2H3,(H,13,14). The fourth-order valence-corrected chi connectivity index (χ4v) is 2.16. The average molecular weight is 242 g/mol. The summed E-state index contributed by atoms with van der Waals surface area (Å²) in [5, 5.41) is 0. The molecule has 1 rings (SSSR count). The second kappa shape index (κ2) is 5.39. The molecular weight excluding hydrogens is 227 g/mol. The van der Waals surface area contributed by atoms with Gasteiger partial charge in [-0.2, -0.15) is 0 Å². The molecule has 88 valence electrons. The minimum absolute atomic E-state index is 0.103. The minimum Gasteiger partial charge on any atom is -0.319 e. The van der Waals surface area contributed by atoms with Gasteiger partial charge < -0.3 is 9.42 Å². The molecule has 1 aromatic rings. The molecule has 0 spiro atoms. The summed E-state index contributed by atoms with van der Waals surface area (Å²) < 4.78 is 16.2. The average Bonchev–Trinajstić information content (AvgIpc) is 2.26. The summed E-state index contributed by atoms with van der Waals surface area (Å²) >= 11 is 0. The Morgan fingerprint density at radius 1 is 1.38 bits per heavy atom. The Morgan fingerprint density at radius 3 is 2.44 bits per heavy atom. The van der Waals surface area contributed by atoms with Crippen LogP contribution in [0.5, 0.6) is 0 Å². The van der Waals surface area contributed by atoms with Crippen LogP contribution in [-0.2, 0) is 9.09 Å². The van der Waals surface area contributed by atoms with E-state index in [1.807, 2.05) is 6.92 Å². The maximum atomic E-state index is 11.6. The summed E-state index contributed by atoms with van der Waals surface area (Å²) in [4.78, 5) is 21.1. The van der Waals surface area contributed by atoms with Gasteiger partial charge in [-0.1, -0.05) is 36.8 Å². The molecule has 0 saturated heterocycles. The van der Waals surface area contributed by atoms with Crippen molar-refractivity contribution >= 4 is 13.1 Å². The lowest BCUT2D eigenvalue weighted by Gasteiger charge is -2.10. The van der Waals surface area contributed by atoms with Gasteiger partial charge in [-0.15, -0.1) is 0 Å². The van der Waals surface area contributed by atoms with Gasteiger partial charge in [0, 0.05) is 5.56 Å². The molecule has 4 nitrogen and oxygen atoms in total. The van der Waals surface area contributed by atoms with E-state index in [0.717, 1.165) is 5.56 Å². The highest BCUT2D eigenvalue weighted by molar-refractivity contribution is 7.71. The van der Waals surface area contributed by atoms with E-state index in [9.17, 15) is 14.3 Å². The van der Waals surface area contributed by atoms with Gasteiger partial charge in [0.05, 0.1) is 6.61 Å². The van der Waals surface area contributed by atoms with Crippen molar-refractivity contribution in [2.45, 2.75) is 20.3 Å². The summed E-state index contributed by atoms with van der Waals surface area (Å²) in [6.07, 6.45) is 0.589. The van der Waals surface area contributed by atoms with Crippen molar-refractivity contribution in [3.8, 4) is 0 Å². The highest BCUT2D eigenvalue weighted by Crippen LogP contribution is 2.45. The van der Waals surface area contributed by atoms with Crippen molar-refractivity contribution in [1.82, 2.24) is 0 Å². The Kier molecular flexibility index (Phi) is 4.42. The Labute approximate surface area is 94.8 Å². The number of carbonyl (C=O) groups excluding carboxylic acids is 1. The van der Waals surface area contributed by atoms with Crippen LogP contribution in [0.15, 0.2) is 24.3 Å². The molecule has 1 N–H and O–H groups in total. The molecule has 0 fully saturated rings. The van der Waals surface area contributed by atoms with Crippen LogP contribution in [0.1, 0.15) is 29.3 Å². The van der Waals surface area contributed by atoms with Crippen molar-refractivity contribution in [2.75, 3.05) is 6.61 Å². The van der Waals surface area contributed by atoms with Crippen molar-refractivity contribution < 1.29 is 18.8 Å². The van der Waals surface area contributed by atoms with E-state index in [0.29, 0.717) is 6.42 Å². The van der Waals surface area contributed by atoms with E-state index in [-0.39, 0.29) is 12.2 Å². The first kappa shape index (κ1) is 13.1. The zero-order valence-corrected chi connectivity index (χ0v) is 10.2. The summed E-state index contributed by atoms with van der Waals surface area (Å²) in [6, 6.07) is 6.48. The Bertz CT molecular complexity index is 410. The van der Waals surface area contributed by atoms with Gasteiger partial charge in [0.2, 0.25) is 0 Å². The van der Waals surface area contributed by atoms with E-state index < -0.39 is 13.1 Å². The number of carbonyl (C=O) groups is 1. The fraction of sp³-hybridized carbons (Fsp3) is 0.364. The van der Waals surface area contributed by atoms with Gasteiger partial charge in [0.15, 0.2) is 0 Å². The summed E-state index contributed by atoms with van der Waals surface area (Å²) in [7, 11) is -4.18. The van der Waals surface area contributed by atoms with Crippen molar-refractivity contribution in [2.24, 2.45) is 0 Å². The predicted octanol–water partition coefficient (Wildman–Crippen LogP) is 2.75. The predicted molar refractivity (Wildman–Crippen MR) is 61.6 cm³/mol. The smallest absolute Gasteiger partial charge is 0.319 e. The van der Waals surface area contributed by atoms with E-state index in [1.165, 1.54) is 12.1 Å². The molecule has 0 heterocycles. The van der Waals surface area contributed by atoms with Crippen LogP contribution in [-0.4, -0.2) is 17.0 Å². The molecule has 16 heavy (non-hydrogen) atoms. The summed E-state index contributed by atoms with van der Waals surface area (Å²) in [5.41, 5.74) is 0.340. The first-order chi connectivity index (χ1) is 7.47. The van der Waals surface area contributed by atoms with E-state index in [4.69, 9.17) is 0 Å². The molecule has 0 bridgehead atoms. The topological polar surface area (TPSA) is 63.6 Å². The molecule has 0 saturated carbocycles. The van der Waals surface area contributed by atoms with Gasteiger partial charge in [-0.05, 0) is 13.3 Å². The third kappa shape index (κ3) is 3.27. The SMILES string of the molecule is CCCOP(=O)(O)C(=O)c1ccc(C)cc1. The van der Waals surface area contributed by atoms with Crippen LogP contribution >= 0.6 is 7.60 Å². The van der Waals surface area contributed by atoms with E-state index in [1.54, 1.807) is 19.1 Å². The quantitative estimate of drug-likeness (QED) is 0.806. The number of hydrogen-bond acceptors (Lipinski definition) is 3. The maximum absolute atomic E-state index is 11.6. The monoisotopic (exact) mass is 242 g/mol. The molecule has 0 radical (unpaired) electrons. The fourth-order valence-electron chi connectivity index (χ4n) is 1.13. The maximum Gasteiger partial charge on any atom is 0.399 e. The van der Waals surface area contributed by atoms with Crippen molar-refractivity contribution in [3.63, 3.8) is 0 Å². The van der Waals surface area contributed by atoms with E-state index >= 15 is 0 Å². The van der Waals surface area contributed by atoms with Crippen LogP contribution < -0.4 is 0 Å². The zero-order valence-electron chi connectivity index (χ0n) is 9.34. The molecule has 0 aliphatic heterocycles. The van der Waals surface area contributed by atoms with Gasteiger partial charge in [0.25, 0.3) is 5.52 Å². The molecule has 0 aromatic heterocycles. The molecular formula is C11H15O4P. The lowest BCUT2D eigenvalue weighted by atomic mass is 10.2. The lowest BCUT2D eigenvalue weighted by Crippen LogP contribution is -2.04. The molecule has 1 unspecified atom stereocenters. The van der Waals surface area contributed by atoms with Crippen LogP contribution in [0.2, 0.25) is 0 Å². The molecule has 0 aliphatic carbocycles. The summed E-state index contributed by atoms with van der Waals surface area (Å²) in [5.74, 6) is 0. The number of hydrogen-bond donors (Lipinski definition) is 1. The Balaban J connectivity index is 2.85. The van der Waals surface area contributed by atoms with Crippen LogP contribution in [0.25, 0.3) is 0 Å². The zero-order chi connectivity index (χ0) is 12.2. The first-order valence-electron chi connectivity index (χ1n) is 5.06. The van der Waals surface area contributed by atoms with Gasteiger partial charge in [-0.3, -0.25) is 9.36 Å². The van der Waals surface area contributed by atoms with E-state index in [2.05, 4.69) is 4.52 Å². The largest absolute Gasteiger partial charge is 0.399 e. The molecule has 1 atom stereocenters.